The van der Waals surface area contributed by atoms with Crippen molar-refractivity contribution in [1.29, 1.82) is 0 Å². The van der Waals surface area contributed by atoms with Gasteiger partial charge >= 0.3 is 6.18 Å². The number of carbonyl (C=O) groups excluding carboxylic acids is 1. The fourth-order valence-electron chi connectivity index (χ4n) is 1.63. The Morgan fingerprint density at radius 3 is 2.50 bits per heavy atom. The Bertz CT molecular complexity index is 540. The molecule has 7 heteroatoms. The van der Waals surface area contributed by atoms with E-state index in [0.717, 1.165) is 24.4 Å². The van der Waals surface area contributed by atoms with Crippen LogP contribution < -0.4 is 0 Å². The molecule has 1 aliphatic heterocycles. The zero-order valence-electron chi connectivity index (χ0n) is 8.78. The summed E-state index contributed by atoms with van der Waals surface area (Å²) in [7, 11) is 0. The van der Waals surface area contributed by atoms with Crippen molar-refractivity contribution in [2.45, 2.75) is 11.7 Å². The van der Waals surface area contributed by atoms with Crippen molar-refractivity contribution in [1.82, 2.24) is 0 Å². The van der Waals surface area contributed by atoms with Crippen LogP contribution in [0.15, 0.2) is 40.7 Å². The van der Waals surface area contributed by atoms with Crippen molar-refractivity contribution < 1.29 is 18.0 Å². The lowest BCUT2D eigenvalue weighted by Gasteiger charge is -2.26. The fraction of sp³-hybridized carbons (Fsp3) is 0.182. The molecule has 0 aromatic heterocycles. The first-order valence-electron chi connectivity index (χ1n) is 4.82. The van der Waals surface area contributed by atoms with Crippen molar-refractivity contribution in [3.63, 3.8) is 0 Å². The van der Waals surface area contributed by atoms with Crippen molar-refractivity contribution >= 4 is 17.9 Å². The van der Waals surface area contributed by atoms with E-state index in [2.05, 4.69) is 10.2 Å². The van der Waals surface area contributed by atoms with Gasteiger partial charge in [0.05, 0.1) is 5.02 Å². The molecule has 1 aromatic carbocycles. The number of azo groups is 1. The molecule has 0 spiro atoms. The molecule has 0 amide bonds. The van der Waals surface area contributed by atoms with Crippen molar-refractivity contribution in [2.75, 3.05) is 0 Å². The van der Waals surface area contributed by atoms with Crippen LogP contribution in [0, 0.1) is 0 Å². The number of aldehydes is 1. The summed E-state index contributed by atoms with van der Waals surface area (Å²) < 4.78 is 39.3. The minimum Gasteiger partial charge on any atom is -0.298 e. The summed E-state index contributed by atoms with van der Waals surface area (Å²) in [6.45, 7) is 0. The van der Waals surface area contributed by atoms with E-state index in [4.69, 9.17) is 11.6 Å². The van der Waals surface area contributed by atoms with Crippen LogP contribution in [0.1, 0.15) is 15.9 Å². The zero-order chi connectivity index (χ0) is 13.4. The predicted octanol–water partition coefficient (Wildman–Crippen LogP) is 3.89. The van der Waals surface area contributed by atoms with Crippen LogP contribution in [-0.2, 0) is 5.54 Å². The van der Waals surface area contributed by atoms with Crippen LogP contribution in [0.25, 0.3) is 0 Å². The summed E-state index contributed by atoms with van der Waals surface area (Å²) in [6.07, 6.45) is -2.33. The minimum absolute atomic E-state index is 0.0541. The molecule has 94 valence electrons. The monoisotopic (exact) mass is 274 g/mol. The third kappa shape index (κ3) is 1.82. The van der Waals surface area contributed by atoms with Gasteiger partial charge in [0.1, 0.15) is 0 Å². The number of nitrogens with zero attached hydrogens (tertiary/aromatic N) is 2. The molecule has 1 unspecified atom stereocenters. The molecule has 0 fully saturated rings. The van der Waals surface area contributed by atoms with Gasteiger partial charge in [0.15, 0.2) is 6.29 Å². The van der Waals surface area contributed by atoms with Gasteiger partial charge in [0, 0.05) is 11.8 Å². The van der Waals surface area contributed by atoms with E-state index < -0.39 is 11.7 Å². The maximum absolute atomic E-state index is 13.1. The average Bonchev–Trinajstić information content (AvgIpc) is 2.78. The van der Waals surface area contributed by atoms with E-state index >= 15 is 0 Å². The van der Waals surface area contributed by atoms with Crippen molar-refractivity contribution in [3.8, 4) is 0 Å². The van der Waals surface area contributed by atoms with Crippen LogP contribution in [0.5, 0.6) is 0 Å². The molecule has 0 radical (unpaired) electrons. The van der Waals surface area contributed by atoms with Crippen molar-refractivity contribution in [2.24, 2.45) is 10.2 Å². The summed E-state index contributed by atoms with van der Waals surface area (Å²) in [6, 6.07) is 3.46. The highest BCUT2D eigenvalue weighted by atomic mass is 35.5. The molecule has 0 saturated heterocycles. The van der Waals surface area contributed by atoms with E-state index in [9.17, 15) is 18.0 Å². The molecule has 1 aliphatic rings. The molecule has 0 N–H and O–H groups in total. The highest BCUT2D eigenvalue weighted by Gasteiger charge is 2.56. The maximum atomic E-state index is 13.1. The SMILES string of the molecule is O=Cc1ccc(C2(C(F)(F)F)C=CN=N2)cc1Cl. The van der Waals surface area contributed by atoms with Gasteiger partial charge in [0.25, 0.3) is 0 Å². The lowest BCUT2D eigenvalue weighted by molar-refractivity contribution is -0.174. The molecule has 1 atom stereocenters. The number of hydrogen-bond donors (Lipinski definition) is 0. The quantitative estimate of drug-likeness (QED) is 0.754. The smallest absolute Gasteiger partial charge is 0.298 e. The Morgan fingerprint density at radius 1 is 1.33 bits per heavy atom. The lowest BCUT2D eigenvalue weighted by Crippen LogP contribution is -2.37. The van der Waals surface area contributed by atoms with Gasteiger partial charge in [-0.25, -0.2) is 0 Å². The van der Waals surface area contributed by atoms with Crippen molar-refractivity contribution in [3.05, 3.63) is 46.6 Å². The van der Waals surface area contributed by atoms with E-state index in [0.29, 0.717) is 6.29 Å². The van der Waals surface area contributed by atoms with E-state index in [1.165, 1.54) is 6.07 Å². The van der Waals surface area contributed by atoms with E-state index in [1.54, 1.807) is 0 Å². The molecule has 3 nitrogen and oxygen atoms in total. The van der Waals surface area contributed by atoms with Crippen LogP contribution in [0.2, 0.25) is 5.02 Å². The number of carbonyl (C=O) groups is 1. The van der Waals surface area contributed by atoms with E-state index in [-0.39, 0.29) is 16.1 Å². The molecule has 1 aromatic rings. The Morgan fingerprint density at radius 2 is 2.06 bits per heavy atom. The predicted molar refractivity (Wildman–Crippen MR) is 58.6 cm³/mol. The second-order valence-electron chi connectivity index (χ2n) is 3.65. The Hall–Kier alpha value is -1.69. The Kier molecular flexibility index (Phi) is 2.98. The molecular weight excluding hydrogens is 269 g/mol. The molecular formula is C11H6ClF3N2O. The molecule has 0 bridgehead atoms. The summed E-state index contributed by atoms with van der Waals surface area (Å²) >= 11 is 5.73. The molecule has 0 saturated carbocycles. The summed E-state index contributed by atoms with van der Waals surface area (Å²) in [5, 5.41) is 6.46. The van der Waals surface area contributed by atoms with Crippen LogP contribution in [0.3, 0.4) is 0 Å². The highest BCUT2D eigenvalue weighted by molar-refractivity contribution is 6.33. The first-order valence-corrected chi connectivity index (χ1v) is 5.20. The first-order chi connectivity index (χ1) is 8.40. The number of halogens is 4. The van der Waals surface area contributed by atoms with Gasteiger partial charge in [-0.2, -0.15) is 23.4 Å². The van der Waals surface area contributed by atoms with Gasteiger partial charge in [0.2, 0.25) is 5.54 Å². The first kappa shape index (κ1) is 12.8. The van der Waals surface area contributed by atoms with Crippen LogP contribution in [-0.4, -0.2) is 12.5 Å². The highest BCUT2D eigenvalue weighted by Crippen LogP contribution is 2.46. The van der Waals surface area contributed by atoms with Gasteiger partial charge in [-0.3, -0.25) is 4.79 Å². The topological polar surface area (TPSA) is 41.8 Å². The second kappa shape index (κ2) is 4.20. The van der Waals surface area contributed by atoms with Gasteiger partial charge in [-0.1, -0.05) is 17.7 Å². The maximum Gasteiger partial charge on any atom is 0.423 e. The lowest BCUT2D eigenvalue weighted by atomic mass is 9.90. The summed E-state index contributed by atoms with van der Waals surface area (Å²) in [5.41, 5.74) is -2.57. The Balaban J connectivity index is 2.59. The van der Waals surface area contributed by atoms with Gasteiger partial charge < -0.3 is 0 Å². The standard InChI is InChI=1S/C11H6ClF3N2O/c12-9-5-8(2-1-7(9)6-18)10(11(13,14)15)3-4-16-17-10/h1-6H. The third-order valence-electron chi connectivity index (χ3n) is 2.60. The zero-order valence-corrected chi connectivity index (χ0v) is 9.53. The minimum atomic E-state index is -4.63. The fourth-order valence-corrected chi connectivity index (χ4v) is 1.85. The third-order valence-corrected chi connectivity index (χ3v) is 2.92. The number of alkyl halides is 3. The number of rotatable bonds is 2. The van der Waals surface area contributed by atoms with Gasteiger partial charge in [-0.15, -0.1) is 0 Å². The van der Waals surface area contributed by atoms with Crippen LogP contribution >= 0.6 is 11.6 Å². The van der Waals surface area contributed by atoms with Gasteiger partial charge in [-0.05, 0) is 23.8 Å². The summed E-state index contributed by atoms with van der Waals surface area (Å²) in [5.74, 6) is 0. The summed E-state index contributed by atoms with van der Waals surface area (Å²) in [4.78, 5) is 10.6. The Labute approximate surface area is 105 Å². The number of benzene rings is 1. The average molecular weight is 275 g/mol. The molecule has 0 aliphatic carbocycles. The molecule has 2 rings (SSSR count). The van der Waals surface area contributed by atoms with E-state index in [1.807, 2.05) is 0 Å². The van der Waals surface area contributed by atoms with Crippen LogP contribution in [0.4, 0.5) is 13.2 Å². The molecule has 18 heavy (non-hydrogen) atoms. The molecule has 1 heterocycles. The number of hydrogen-bond acceptors (Lipinski definition) is 3. The largest absolute Gasteiger partial charge is 0.423 e. The second-order valence-corrected chi connectivity index (χ2v) is 4.06. The normalized spacial score (nSPS) is 22.4.